The average Bonchev–Trinajstić information content (AvgIpc) is 3.29. The van der Waals surface area contributed by atoms with E-state index >= 15 is 0 Å². The molecule has 4 bridgehead atoms. The van der Waals surface area contributed by atoms with Crippen molar-refractivity contribution in [2.45, 2.75) is 97.4 Å². The van der Waals surface area contributed by atoms with Gasteiger partial charge in [-0.25, -0.2) is 9.78 Å². The molecule has 68 heavy (non-hydrogen) atoms. The van der Waals surface area contributed by atoms with Crippen molar-refractivity contribution in [2.75, 3.05) is 63.6 Å². The zero-order valence-corrected chi connectivity index (χ0v) is 39.9. The van der Waals surface area contributed by atoms with Crippen LogP contribution in [0.25, 0.3) is 11.1 Å². The number of carboxylic acid groups (broad SMARTS) is 1. The van der Waals surface area contributed by atoms with E-state index in [2.05, 4.69) is 41.0 Å². The number of piperidine rings is 1. The number of anilines is 2. The minimum Gasteiger partial charge on any atom is -0.504 e. The molecule has 2 aliphatic rings. The van der Waals surface area contributed by atoms with Gasteiger partial charge in [0.2, 0.25) is 17.8 Å². The van der Waals surface area contributed by atoms with Gasteiger partial charge in [0.05, 0.1) is 11.3 Å². The number of hydrogen-bond donors (Lipinski definition) is 9. The van der Waals surface area contributed by atoms with Crippen LogP contribution in [0.1, 0.15) is 93.0 Å². The number of carbonyl (C=O) groups excluding carboxylic acids is 4. The molecule has 3 aromatic rings. The summed E-state index contributed by atoms with van der Waals surface area (Å²) in [6, 6.07) is 4.36. The lowest BCUT2D eigenvalue weighted by Crippen LogP contribution is -2.45. The summed E-state index contributed by atoms with van der Waals surface area (Å²) in [6.45, 7) is 10.2. The molecule has 2 aromatic carbocycles. The van der Waals surface area contributed by atoms with Gasteiger partial charge >= 0.3 is 5.97 Å². The Morgan fingerprint density at radius 3 is 2.15 bits per heavy atom. The zero-order valence-electron chi connectivity index (χ0n) is 39.9. The Kier molecular flexibility index (Phi) is 17.9. The summed E-state index contributed by atoms with van der Waals surface area (Å²) in [5, 5.41) is 45.3. The highest BCUT2D eigenvalue weighted by molar-refractivity contribution is 6.03. The lowest BCUT2D eigenvalue weighted by atomic mass is 9.75. The van der Waals surface area contributed by atoms with Crippen molar-refractivity contribution in [1.82, 2.24) is 20.2 Å². The number of nitrogens with two attached hydrogens (primary N) is 4. The van der Waals surface area contributed by atoms with E-state index in [0.29, 0.717) is 23.1 Å². The van der Waals surface area contributed by atoms with Crippen LogP contribution in [0.3, 0.4) is 0 Å². The smallest absolute Gasteiger partial charge is 0.326 e. The fourth-order valence-electron chi connectivity index (χ4n) is 8.80. The van der Waals surface area contributed by atoms with E-state index in [9.17, 15) is 44.4 Å². The van der Waals surface area contributed by atoms with Gasteiger partial charge in [-0.15, -0.1) is 0 Å². The van der Waals surface area contributed by atoms with Crippen molar-refractivity contribution in [3.8, 4) is 28.4 Å². The highest BCUT2D eigenvalue weighted by Gasteiger charge is 2.38. The molecule has 5 rings (SSSR count). The number of aliphatic hydroxyl groups is 2. The molecule has 0 aliphatic carbocycles. The molecule has 1 aromatic heterocycles. The van der Waals surface area contributed by atoms with Crippen LogP contribution < -0.4 is 42.6 Å². The zero-order chi connectivity index (χ0) is 50.2. The van der Waals surface area contributed by atoms with Crippen LogP contribution in [0.15, 0.2) is 30.3 Å². The van der Waals surface area contributed by atoms with Gasteiger partial charge in [-0.3, -0.25) is 19.2 Å². The number of nitrogens with one attached hydrogen (secondary N) is 1. The molecule has 1 saturated heterocycles. The maximum atomic E-state index is 14.9. The van der Waals surface area contributed by atoms with Gasteiger partial charge in [-0.05, 0) is 79.5 Å². The third kappa shape index (κ3) is 12.8. The number of fused-ring (bicyclic) bond motifs is 5. The molecule has 0 spiro atoms. The standard InChI is InChI=1S/C48H69N9O11/c1-25-15-37(61)41(56(6)45(64)28(9-12-49)19-36(60)40-26(2)53-47(55-43(40)52)57-13-10-30(11-14-57)48(3,4)5)29-18-34(42(62)39(20-29)68-24-32(59)22-51)33-16-27(17-35(46(65)66)54-44(25)63)7-8-38(33)67-23-31(58)21-50/h7-8,16,18,20,25,28,30-32,35,41,58-59,62H,9-15,17,19,21-24,49-51H2,1-6H3,(H,54,63)(H,65,66)(H2,52,53,55)/t25-,28-,31-,32-,35+,41+/m1/s1. The minimum atomic E-state index is -1.52. The van der Waals surface area contributed by atoms with Gasteiger partial charge in [0.25, 0.3) is 0 Å². The number of ether oxygens (including phenoxy) is 2. The normalized spacial score (nSPS) is 19.6. The molecule has 0 radical (unpaired) electrons. The van der Waals surface area contributed by atoms with Crippen molar-refractivity contribution in [3.63, 3.8) is 0 Å². The van der Waals surface area contributed by atoms with E-state index in [1.54, 1.807) is 13.0 Å². The van der Waals surface area contributed by atoms with Crippen molar-refractivity contribution < 1.29 is 53.9 Å². The number of aliphatic carboxylic acids is 1. The largest absolute Gasteiger partial charge is 0.504 e. The SMILES string of the molecule is Cc1nc(N2CCC(C(C)(C)C)CC2)nc(N)c1C(=O)C[C@@H](CCN)C(=O)N(C)[C@@H]1C(=O)C[C@@H](C)C(=O)N[C@H](C(=O)O)Cc2ccc(OC[C@H](O)CN)c(c2)-c2cc1cc(OC[C@H](O)CN)c2O. The maximum Gasteiger partial charge on any atom is 0.326 e. The van der Waals surface area contributed by atoms with E-state index in [4.69, 9.17) is 32.4 Å². The lowest BCUT2D eigenvalue weighted by molar-refractivity contribution is -0.144. The molecular weight excluding hydrogens is 879 g/mol. The van der Waals surface area contributed by atoms with Gasteiger partial charge < -0.3 is 68.0 Å². The van der Waals surface area contributed by atoms with Gasteiger partial charge in [-0.1, -0.05) is 33.8 Å². The number of hydrogen-bond acceptors (Lipinski definition) is 17. The summed E-state index contributed by atoms with van der Waals surface area (Å²) in [5.74, 6) is -5.82. The number of aliphatic hydroxyl groups excluding tert-OH is 2. The Bertz CT molecular complexity index is 2290. The molecule has 0 unspecified atom stereocenters. The summed E-state index contributed by atoms with van der Waals surface area (Å²) < 4.78 is 11.9. The van der Waals surface area contributed by atoms with Crippen molar-refractivity contribution in [3.05, 3.63) is 52.7 Å². The molecule has 20 heteroatoms. The Hall–Kier alpha value is -5.93. The number of amides is 2. The first-order valence-electron chi connectivity index (χ1n) is 23.0. The Labute approximate surface area is 396 Å². The number of benzene rings is 2. The van der Waals surface area contributed by atoms with E-state index in [1.807, 2.05) is 0 Å². The van der Waals surface area contributed by atoms with Crippen molar-refractivity contribution in [2.24, 2.45) is 40.4 Å². The number of phenolic OH excluding ortho intramolecular Hbond substituents is 1. The summed E-state index contributed by atoms with van der Waals surface area (Å²) >= 11 is 0. The molecule has 372 valence electrons. The van der Waals surface area contributed by atoms with Crippen LogP contribution in [0.4, 0.5) is 11.8 Å². The number of aromatic nitrogens is 2. The second-order valence-electron chi connectivity index (χ2n) is 19.1. The van der Waals surface area contributed by atoms with E-state index in [-0.39, 0.29) is 90.5 Å². The highest BCUT2D eigenvalue weighted by Crippen LogP contribution is 2.45. The second kappa shape index (κ2) is 22.9. The molecular formula is C48H69N9O11. The summed E-state index contributed by atoms with van der Waals surface area (Å²) in [4.78, 5) is 82.4. The third-order valence-electron chi connectivity index (χ3n) is 12.9. The quantitative estimate of drug-likeness (QED) is 0.0872. The second-order valence-corrected chi connectivity index (χ2v) is 19.1. The van der Waals surface area contributed by atoms with E-state index in [0.717, 1.165) is 30.8 Å². The predicted octanol–water partition coefficient (Wildman–Crippen LogP) is 1.86. The molecule has 1 fully saturated rings. The van der Waals surface area contributed by atoms with Gasteiger partial charge in [-0.2, -0.15) is 4.98 Å². The first-order valence-corrected chi connectivity index (χ1v) is 23.0. The Morgan fingerprint density at radius 2 is 1.57 bits per heavy atom. The van der Waals surface area contributed by atoms with Crippen LogP contribution in [-0.2, 0) is 25.6 Å². The van der Waals surface area contributed by atoms with Crippen LogP contribution in [0.2, 0.25) is 0 Å². The number of likely N-dealkylation sites (N-methyl/N-ethyl adjacent to an activating group) is 1. The summed E-state index contributed by atoms with van der Waals surface area (Å²) in [5.41, 5.74) is 25.0. The van der Waals surface area contributed by atoms with Gasteiger partial charge in [0.1, 0.15) is 49.1 Å². The number of nitrogen functional groups attached to an aromatic ring is 1. The molecule has 13 N–H and O–H groups in total. The number of carboxylic acids is 1. The van der Waals surface area contributed by atoms with Crippen LogP contribution >= 0.6 is 0 Å². The monoisotopic (exact) mass is 948 g/mol. The van der Waals surface area contributed by atoms with Crippen molar-refractivity contribution in [1.29, 1.82) is 0 Å². The summed E-state index contributed by atoms with van der Waals surface area (Å²) in [7, 11) is 1.36. The number of carbonyl (C=O) groups is 5. The first-order chi connectivity index (χ1) is 32.1. The van der Waals surface area contributed by atoms with Gasteiger partial charge in [0.15, 0.2) is 23.1 Å². The Morgan fingerprint density at radius 1 is 0.941 bits per heavy atom. The number of aromatic hydroxyl groups is 1. The van der Waals surface area contributed by atoms with Gasteiger partial charge in [0, 0.05) is 75.5 Å². The predicted molar refractivity (Wildman–Crippen MR) is 254 cm³/mol. The van der Waals surface area contributed by atoms with E-state index in [1.165, 1.54) is 38.2 Å². The Balaban J connectivity index is 1.60. The number of phenols is 1. The third-order valence-corrected chi connectivity index (χ3v) is 12.9. The number of aryl methyl sites for hydroxylation is 1. The summed E-state index contributed by atoms with van der Waals surface area (Å²) in [6.07, 6.45) is -1.43. The molecule has 3 heterocycles. The fourth-order valence-corrected chi connectivity index (χ4v) is 8.80. The molecule has 20 nitrogen and oxygen atoms in total. The minimum absolute atomic E-state index is 0.000139. The van der Waals surface area contributed by atoms with Crippen LogP contribution in [0, 0.1) is 30.1 Å². The van der Waals surface area contributed by atoms with Crippen LogP contribution in [-0.4, -0.2) is 136 Å². The molecule has 0 saturated carbocycles. The number of rotatable bonds is 17. The number of nitrogens with zero attached hydrogens (tertiary/aromatic N) is 4. The number of Topliss-reactive ketones (excluding diaryl/α,β-unsaturated/α-hetero) is 2. The highest BCUT2D eigenvalue weighted by atomic mass is 16.5. The topological polar surface area (TPSA) is 333 Å². The average molecular weight is 948 g/mol. The van der Waals surface area contributed by atoms with Crippen LogP contribution in [0.5, 0.6) is 17.2 Å². The molecule has 6 atom stereocenters. The number of ketones is 2. The lowest BCUT2D eigenvalue weighted by Gasteiger charge is -2.38. The molecule has 2 amide bonds. The first kappa shape index (κ1) is 53.0. The fraction of sp³-hybridized carbons (Fsp3) is 0.562. The van der Waals surface area contributed by atoms with Crippen molar-refractivity contribution >= 4 is 41.1 Å². The van der Waals surface area contributed by atoms with E-state index < -0.39 is 84.3 Å². The maximum absolute atomic E-state index is 14.9. The molecule has 2 aliphatic heterocycles.